The fourth-order valence-electron chi connectivity index (χ4n) is 1.08. The molecule has 1 aromatic rings. The van der Waals surface area contributed by atoms with Gasteiger partial charge < -0.3 is 9.84 Å². The van der Waals surface area contributed by atoms with Crippen LogP contribution in [0.1, 0.15) is 18.3 Å². The van der Waals surface area contributed by atoms with E-state index < -0.39 is 12.1 Å². The fourth-order valence-corrected chi connectivity index (χ4v) is 1.08. The van der Waals surface area contributed by atoms with E-state index in [4.69, 9.17) is 9.84 Å². The molecule has 1 aromatic heterocycles. The summed E-state index contributed by atoms with van der Waals surface area (Å²) in [5, 5.41) is 12.7. The number of carbonyl (C=O) groups is 1. The van der Waals surface area contributed by atoms with Crippen LogP contribution in [0.25, 0.3) is 0 Å². The van der Waals surface area contributed by atoms with Gasteiger partial charge in [0.05, 0.1) is 18.0 Å². The summed E-state index contributed by atoms with van der Waals surface area (Å²) in [5.74, 6) is -0.955. The average molecular weight is 198 g/mol. The Hall–Kier alpha value is -1.36. The summed E-state index contributed by atoms with van der Waals surface area (Å²) in [6.07, 6.45) is -0.787. The standard InChI is InChI=1S/C9H14N2O3/c1-6-4-8(11(3)10-6)5-14-7(2)9(12)13/h4,7H,5H2,1-3H3,(H,12,13)/t7-/m0/s1. The lowest BCUT2D eigenvalue weighted by atomic mass is 10.3. The minimum Gasteiger partial charge on any atom is -0.479 e. The van der Waals surface area contributed by atoms with E-state index in [1.54, 1.807) is 11.7 Å². The number of hydrogen-bond acceptors (Lipinski definition) is 3. The van der Waals surface area contributed by atoms with Crippen LogP contribution in [0.2, 0.25) is 0 Å². The number of aryl methyl sites for hydroxylation is 2. The second-order valence-corrected chi connectivity index (χ2v) is 3.19. The molecule has 0 spiro atoms. The number of nitrogens with zero attached hydrogens (tertiary/aromatic N) is 2. The normalized spacial score (nSPS) is 12.8. The van der Waals surface area contributed by atoms with Crippen molar-refractivity contribution >= 4 is 5.97 Å². The Morgan fingerprint density at radius 3 is 2.86 bits per heavy atom. The first-order chi connectivity index (χ1) is 6.50. The maximum atomic E-state index is 10.5. The van der Waals surface area contributed by atoms with Crippen LogP contribution in [-0.2, 0) is 23.2 Å². The molecule has 0 aliphatic heterocycles. The first kappa shape index (κ1) is 10.7. The van der Waals surface area contributed by atoms with Gasteiger partial charge in [-0.1, -0.05) is 0 Å². The van der Waals surface area contributed by atoms with Crippen LogP contribution in [0.4, 0.5) is 0 Å². The second kappa shape index (κ2) is 4.23. The summed E-state index contributed by atoms with van der Waals surface area (Å²) in [6, 6.07) is 1.87. The molecule has 0 aromatic carbocycles. The van der Waals surface area contributed by atoms with Crippen LogP contribution in [0.5, 0.6) is 0 Å². The topological polar surface area (TPSA) is 64.3 Å². The van der Waals surface area contributed by atoms with E-state index in [2.05, 4.69) is 5.10 Å². The number of ether oxygens (including phenoxy) is 1. The molecule has 1 atom stereocenters. The van der Waals surface area contributed by atoms with Gasteiger partial charge in [0.25, 0.3) is 0 Å². The van der Waals surface area contributed by atoms with Crippen LogP contribution < -0.4 is 0 Å². The Morgan fingerprint density at radius 1 is 1.79 bits per heavy atom. The van der Waals surface area contributed by atoms with Gasteiger partial charge in [0.2, 0.25) is 0 Å². The van der Waals surface area contributed by atoms with Crippen LogP contribution in [0.3, 0.4) is 0 Å². The molecule has 1 rings (SSSR count). The molecule has 1 heterocycles. The van der Waals surface area contributed by atoms with Crippen molar-refractivity contribution in [3.05, 3.63) is 17.5 Å². The molecule has 1 N–H and O–H groups in total. The van der Waals surface area contributed by atoms with Gasteiger partial charge in [-0.15, -0.1) is 0 Å². The molecule has 0 aliphatic carbocycles. The lowest BCUT2D eigenvalue weighted by Crippen LogP contribution is -2.20. The number of hydrogen-bond donors (Lipinski definition) is 1. The van der Waals surface area contributed by atoms with Gasteiger partial charge in [0, 0.05) is 7.05 Å². The Kier molecular flexibility index (Phi) is 3.24. The minimum absolute atomic E-state index is 0.269. The lowest BCUT2D eigenvalue weighted by Gasteiger charge is -2.07. The van der Waals surface area contributed by atoms with E-state index in [1.807, 2.05) is 13.0 Å². The van der Waals surface area contributed by atoms with Gasteiger partial charge >= 0.3 is 5.97 Å². The number of aliphatic carboxylic acids is 1. The van der Waals surface area contributed by atoms with E-state index in [0.717, 1.165) is 11.4 Å². The summed E-state index contributed by atoms with van der Waals surface area (Å²) in [7, 11) is 1.80. The molecular weight excluding hydrogens is 184 g/mol. The first-order valence-corrected chi connectivity index (χ1v) is 4.34. The zero-order chi connectivity index (χ0) is 10.7. The molecule has 5 nitrogen and oxygen atoms in total. The predicted octanol–water partition coefficient (Wildman–Crippen LogP) is 0.718. The quantitative estimate of drug-likeness (QED) is 0.774. The first-order valence-electron chi connectivity index (χ1n) is 4.34. The molecule has 78 valence electrons. The van der Waals surface area contributed by atoms with Crippen LogP contribution >= 0.6 is 0 Å². The van der Waals surface area contributed by atoms with E-state index in [-0.39, 0.29) is 6.61 Å². The third kappa shape index (κ3) is 2.56. The van der Waals surface area contributed by atoms with E-state index in [1.165, 1.54) is 6.92 Å². The fraction of sp³-hybridized carbons (Fsp3) is 0.556. The van der Waals surface area contributed by atoms with Crippen molar-refractivity contribution in [2.45, 2.75) is 26.6 Å². The highest BCUT2D eigenvalue weighted by molar-refractivity contribution is 5.71. The van der Waals surface area contributed by atoms with Crippen molar-refractivity contribution < 1.29 is 14.6 Å². The predicted molar refractivity (Wildman–Crippen MR) is 49.8 cm³/mol. The smallest absolute Gasteiger partial charge is 0.332 e. The third-order valence-electron chi connectivity index (χ3n) is 1.93. The largest absolute Gasteiger partial charge is 0.479 e. The summed E-state index contributed by atoms with van der Waals surface area (Å²) >= 11 is 0. The number of carboxylic acids is 1. The zero-order valence-electron chi connectivity index (χ0n) is 8.52. The van der Waals surface area contributed by atoms with Crippen molar-refractivity contribution in [3.8, 4) is 0 Å². The van der Waals surface area contributed by atoms with E-state index >= 15 is 0 Å². The van der Waals surface area contributed by atoms with Gasteiger partial charge in [0.15, 0.2) is 6.10 Å². The van der Waals surface area contributed by atoms with E-state index in [0.29, 0.717) is 0 Å². The zero-order valence-corrected chi connectivity index (χ0v) is 8.52. The molecular formula is C9H14N2O3. The lowest BCUT2D eigenvalue weighted by molar-refractivity contribution is -0.150. The van der Waals surface area contributed by atoms with Crippen molar-refractivity contribution in [2.24, 2.45) is 7.05 Å². The van der Waals surface area contributed by atoms with Gasteiger partial charge in [-0.25, -0.2) is 4.79 Å². The maximum Gasteiger partial charge on any atom is 0.332 e. The third-order valence-corrected chi connectivity index (χ3v) is 1.93. The summed E-state index contributed by atoms with van der Waals surface area (Å²) < 4.78 is 6.81. The average Bonchev–Trinajstić information content (AvgIpc) is 2.40. The molecule has 0 bridgehead atoms. The molecule has 0 saturated heterocycles. The van der Waals surface area contributed by atoms with Gasteiger partial charge in [-0.3, -0.25) is 4.68 Å². The second-order valence-electron chi connectivity index (χ2n) is 3.19. The summed E-state index contributed by atoms with van der Waals surface area (Å²) in [5.41, 5.74) is 1.77. The Morgan fingerprint density at radius 2 is 2.43 bits per heavy atom. The number of rotatable bonds is 4. The van der Waals surface area contributed by atoms with Crippen LogP contribution in [0.15, 0.2) is 6.07 Å². The van der Waals surface area contributed by atoms with E-state index in [9.17, 15) is 4.79 Å². The molecule has 0 radical (unpaired) electrons. The highest BCUT2D eigenvalue weighted by Gasteiger charge is 2.12. The Bertz CT molecular complexity index is 333. The number of carboxylic acid groups (broad SMARTS) is 1. The highest BCUT2D eigenvalue weighted by Crippen LogP contribution is 2.05. The molecule has 0 fully saturated rings. The van der Waals surface area contributed by atoms with Gasteiger partial charge in [-0.2, -0.15) is 5.10 Å². The molecule has 5 heteroatoms. The monoisotopic (exact) mass is 198 g/mol. The Labute approximate surface area is 82.3 Å². The van der Waals surface area contributed by atoms with Gasteiger partial charge in [0.1, 0.15) is 0 Å². The molecule has 0 saturated carbocycles. The van der Waals surface area contributed by atoms with Crippen LogP contribution in [0, 0.1) is 6.92 Å². The van der Waals surface area contributed by atoms with Crippen molar-refractivity contribution in [3.63, 3.8) is 0 Å². The van der Waals surface area contributed by atoms with Crippen molar-refractivity contribution in [2.75, 3.05) is 0 Å². The molecule has 14 heavy (non-hydrogen) atoms. The van der Waals surface area contributed by atoms with Gasteiger partial charge in [-0.05, 0) is 19.9 Å². The maximum absolute atomic E-state index is 10.5. The number of aromatic nitrogens is 2. The molecule has 0 unspecified atom stereocenters. The minimum atomic E-state index is -0.955. The summed E-state index contributed by atoms with van der Waals surface area (Å²) in [6.45, 7) is 3.65. The summed E-state index contributed by atoms with van der Waals surface area (Å²) in [4.78, 5) is 10.5. The Balaban J connectivity index is 2.53. The highest BCUT2D eigenvalue weighted by atomic mass is 16.5. The molecule has 0 amide bonds. The van der Waals surface area contributed by atoms with Crippen molar-refractivity contribution in [1.29, 1.82) is 0 Å². The van der Waals surface area contributed by atoms with Crippen molar-refractivity contribution in [1.82, 2.24) is 9.78 Å². The SMILES string of the molecule is Cc1cc(CO[C@@H](C)C(=O)O)n(C)n1. The molecule has 0 aliphatic rings. The van der Waals surface area contributed by atoms with Crippen LogP contribution in [-0.4, -0.2) is 27.0 Å².